The van der Waals surface area contributed by atoms with Crippen LogP contribution in [0.5, 0.6) is 23.0 Å². The number of halogens is 1. The number of likely N-dealkylation sites (tertiary alicyclic amines) is 1. The average Bonchev–Trinajstić information content (AvgIpc) is 3.05. The van der Waals surface area contributed by atoms with E-state index in [0.717, 1.165) is 45.3 Å². The van der Waals surface area contributed by atoms with Gasteiger partial charge in [-0.2, -0.15) is 0 Å². The molecule has 1 saturated heterocycles. The number of rotatable bonds is 14. The van der Waals surface area contributed by atoms with Crippen LogP contribution in [0.25, 0.3) is 0 Å². The summed E-state index contributed by atoms with van der Waals surface area (Å²) in [6.07, 6.45) is 6.04. The molecule has 45 heavy (non-hydrogen) atoms. The van der Waals surface area contributed by atoms with Gasteiger partial charge in [-0.25, -0.2) is 9.18 Å². The summed E-state index contributed by atoms with van der Waals surface area (Å²) in [6.45, 7) is 9.36. The molecule has 3 amide bonds. The number of piperidine rings is 1. The molecule has 0 bridgehead atoms. The molecule has 0 saturated carbocycles. The van der Waals surface area contributed by atoms with Gasteiger partial charge in [0, 0.05) is 36.4 Å². The van der Waals surface area contributed by atoms with Gasteiger partial charge in [-0.05, 0) is 93.2 Å². The first-order chi connectivity index (χ1) is 21.8. The van der Waals surface area contributed by atoms with Crippen molar-refractivity contribution in [3.05, 3.63) is 72.0 Å². The third kappa shape index (κ3) is 9.84. The fourth-order valence-electron chi connectivity index (χ4n) is 5.16. The lowest BCUT2D eigenvalue weighted by atomic mass is 10.1. The van der Waals surface area contributed by atoms with E-state index in [1.807, 2.05) is 13.8 Å². The summed E-state index contributed by atoms with van der Waals surface area (Å²) in [5.41, 5.74) is 1.06. The van der Waals surface area contributed by atoms with Crippen molar-refractivity contribution in [1.29, 1.82) is 0 Å². The van der Waals surface area contributed by atoms with Crippen molar-refractivity contribution in [2.75, 3.05) is 37.4 Å². The Bertz CT molecular complexity index is 1410. The maximum Gasteiger partial charge on any atom is 0.319 e. The monoisotopic (exact) mass is 620 g/mol. The van der Waals surface area contributed by atoms with Crippen LogP contribution in [0.3, 0.4) is 0 Å². The summed E-state index contributed by atoms with van der Waals surface area (Å²) < 4.78 is 32.2. The molecule has 4 rings (SSSR count). The molecule has 0 aliphatic carbocycles. The van der Waals surface area contributed by atoms with Crippen LogP contribution in [0.4, 0.5) is 20.6 Å². The Hall–Kier alpha value is -4.31. The molecular formula is C35H45FN4O5. The number of unbranched alkanes of at least 4 members (excludes halogenated alkanes) is 1. The maximum absolute atomic E-state index is 14.6. The number of nitrogens with one attached hydrogen (secondary N) is 3. The highest BCUT2D eigenvalue weighted by Crippen LogP contribution is 2.32. The minimum Gasteiger partial charge on any atom is -0.493 e. The molecule has 0 atom stereocenters. The lowest BCUT2D eigenvalue weighted by Gasteiger charge is -2.32. The smallest absolute Gasteiger partial charge is 0.319 e. The molecule has 1 aliphatic rings. The standard InChI is InChI=1S/C35H45FN4O5/c1-5-8-19-40-20-17-28(18-21-40)45-32-16-9-24(22-33(32)43-4)34(41)37-26-10-12-27(13-11-26)44-29-14-15-31(30(36)23-29)39-35(42)38-25(6-2)7-3/h9-16,22-23,25,28H,5-8,17-21H2,1-4H3,(H,37,41)(H2,38,39,42). The molecule has 3 aromatic carbocycles. The highest BCUT2D eigenvalue weighted by molar-refractivity contribution is 6.04. The molecule has 242 valence electrons. The van der Waals surface area contributed by atoms with Crippen molar-refractivity contribution in [2.24, 2.45) is 0 Å². The predicted octanol–water partition coefficient (Wildman–Crippen LogP) is 7.83. The van der Waals surface area contributed by atoms with Gasteiger partial charge in [0.1, 0.15) is 23.4 Å². The van der Waals surface area contributed by atoms with Gasteiger partial charge >= 0.3 is 6.03 Å². The number of benzene rings is 3. The number of methoxy groups -OCH3 is 1. The highest BCUT2D eigenvalue weighted by Gasteiger charge is 2.22. The van der Waals surface area contributed by atoms with Crippen LogP contribution >= 0.6 is 0 Å². The topological polar surface area (TPSA) is 101 Å². The van der Waals surface area contributed by atoms with Gasteiger partial charge < -0.3 is 35.1 Å². The van der Waals surface area contributed by atoms with E-state index in [1.165, 1.54) is 25.0 Å². The zero-order valence-corrected chi connectivity index (χ0v) is 26.7. The van der Waals surface area contributed by atoms with Gasteiger partial charge in [0.15, 0.2) is 11.5 Å². The molecule has 9 nitrogen and oxygen atoms in total. The van der Waals surface area contributed by atoms with E-state index in [0.29, 0.717) is 28.5 Å². The average molecular weight is 621 g/mol. The minimum absolute atomic E-state index is 0.0275. The highest BCUT2D eigenvalue weighted by atomic mass is 19.1. The van der Waals surface area contributed by atoms with E-state index in [4.69, 9.17) is 14.2 Å². The number of anilines is 2. The Morgan fingerprint density at radius 3 is 2.27 bits per heavy atom. The molecule has 0 aromatic heterocycles. The van der Waals surface area contributed by atoms with Crippen molar-refractivity contribution < 1.29 is 28.2 Å². The summed E-state index contributed by atoms with van der Waals surface area (Å²) in [6, 6.07) is 15.7. The minimum atomic E-state index is -0.615. The Morgan fingerprint density at radius 2 is 1.62 bits per heavy atom. The van der Waals surface area contributed by atoms with Gasteiger partial charge in [-0.15, -0.1) is 0 Å². The van der Waals surface area contributed by atoms with Crippen LogP contribution in [0.15, 0.2) is 60.7 Å². The summed E-state index contributed by atoms with van der Waals surface area (Å²) in [5, 5.41) is 8.23. The van der Waals surface area contributed by atoms with Gasteiger partial charge in [-0.1, -0.05) is 27.2 Å². The number of ether oxygens (including phenoxy) is 3. The lowest BCUT2D eigenvalue weighted by molar-refractivity contribution is 0.0971. The Morgan fingerprint density at radius 1 is 0.911 bits per heavy atom. The molecule has 3 N–H and O–H groups in total. The maximum atomic E-state index is 14.6. The van der Waals surface area contributed by atoms with Gasteiger partial charge in [0.25, 0.3) is 5.91 Å². The number of carbonyl (C=O) groups excluding carboxylic acids is 2. The van der Waals surface area contributed by atoms with Crippen molar-refractivity contribution in [1.82, 2.24) is 10.2 Å². The Kier molecular flexibility index (Phi) is 12.4. The zero-order chi connectivity index (χ0) is 32.2. The quantitative estimate of drug-likeness (QED) is 0.170. The summed E-state index contributed by atoms with van der Waals surface area (Å²) in [7, 11) is 1.57. The van der Waals surface area contributed by atoms with Gasteiger partial charge in [-0.3, -0.25) is 4.79 Å². The van der Waals surface area contributed by atoms with E-state index >= 15 is 0 Å². The molecular weight excluding hydrogens is 575 g/mol. The van der Waals surface area contributed by atoms with Crippen LogP contribution in [0.1, 0.15) is 69.7 Å². The van der Waals surface area contributed by atoms with Gasteiger partial charge in [0.2, 0.25) is 0 Å². The van der Waals surface area contributed by atoms with Crippen LogP contribution in [0.2, 0.25) is 0 Å². The SMILES string of the molecule is CCCCN1CCC(Oc2ccc(C(=O)Nc3ccc(Oc4ccc(NC(=O)NC(CC)CC)c(F)c4)cc3)cc2OC)CC1. The molecule has 3 aromatic rings. The Balaban J connectivity index is 1.29. The normalized spacial score (nSPS) is 13.7. The predicted molar refractivity (Wildman–Crippen MR) is 175 cm³/mol. The number of amides is 3. The van der Waals surface area contributed by atoms with E-state index in [2.05, 4.69) is 27.8 Å². The lowest BCUT2D eigenvalue weighted by Crippen LogP contribution is -2.38. The molecule has 0 radical (unpaired) electrons. The second kappa shape index (κ2) is 16.7. The first kappa shape index (κ1) is 33.6. The fraction of sp³-hybridized carbons (Fsp3) is 0.429. The first-order valence-corrected chi connectivity index (χ1v) is 15.8. The molecule has 1 fully saturated rings. The fourth-order valence-corrected chi connectivity index (χ4v) is 5.16. The van der Waals surface area contributed by atoms with Crippen molar-refractivity contribution >= 4 is 23.3 Å². The van der Waals surface area contributed by atoms with Crippen LogP contribution < -0.4 is 30.2 Å². The molecule has 1 aliphatic heterocycles. The largest absolute Gasteiger partial charge is 0.493 e. The number of nitrogens with zero attached hydrogens (tertiary/aromatic N) is 1. The number of urea groups is 1. The zero-order valence-electron chi connectivity index (χ0n) is 26.7. The second-order valence-electron chi connectivity index (χ2n) is 11.2. The molecule has 0 unspecified atom stereocenters. The van der Waals surface area contributed by atoms with E-state index in [9.17, 15) is 14.0 Å². The summed E-state index contributed by atoms with van der Waals surface area (Å²) in [5.74, 6) is 0.963. The molecule has 1 heterocycles. The van der Waals surface area contributed by atoms with Crippen molar-refractivity contribution in [3.8, 4) is 23.0 Å². The van der Waals surface area contributed by atoms with Crippen molar-refractivity contribution in [2.45, 2.75) is 71.4 Å². The van der Waals surface area contributed by atoms with Crippen LogP contribution in [0, 0.1) is 5.82 Å². The third-order valence-corrected chi connectivity index (χ3v) is 7.94. The summed E-state index contributed by atoms with van der Waals surface area (Å²) in [4.78, 5) is 27.6. The van der Waals surface area contributed by atoms with E-state index in [-0.39, 0.29) is 29.5 Å². The van der Waals surface area contributed by atoms with E-state index in [1.54, 1.807) is 55.6 Å². The Labute approximate surface area is 265 Å². The third-order valence-electron chi connectivity index (χ3n) is 7.94. The number of hydrogen-bond donors (Lipinski definition) is 3. The van der Waals surface area contributed by atoms with Crippen LogP contribution in [-0.2, 0) is 0 Å². The molecule has 10 heteroatoms. The first-order valence-electron chi connectivity index (χ1n) is 15.8. The van der Waals surface area contributed by atoms with Crippen molar-refractivity contribution in [3.63, 3.8) is 0 Å². The summed E-state index contributed by atoms with van der Waals surface area (Å²) >= 11 is 0. The van der Waals surface area contributed by atoms with Gasteiger partial charge in [0.05, 0.1) is 12.8 Å². The second-order valence-corrected chi connectivity index (χ2v) is 11.2. The number of hydrogen-bond acceptors (Lipinski definition) is 6. The molecule has 0 spiro atoms. The van der Waals surface area contributed by atoms with E-state index < -0.39 is 11.8 Å². The number of carbonyl (C=O) groups is 2. The van der Waals surface area contributed by atoms with Crippen LogP contribution in [-0.4, -0.2) is 55.7 Å².